The van der Waals surface area contributed by atoms with Gasteiger partial charge in [0.25, 0.3) is 5.91 Å². The van der Waals surface area contributed by atoms with Gasteiger partial charge in [0.1, 0.15) is 0 Å². The average molecular weight is 211 g/mol. The first-order valence-corrected chi connectivity index (χ1v) is 5.30. The number of carbonyl (C=O) groups is 2. The zero-order valence-electron chi connectivity index (χ0n) is 9.28. The van der Waals surface area contributed by atoms with Crippen LogP contribution in [-0.4, -0.2) is 23.5 Å². The van der Waals surface area contributed by atoms with Gasteiger partial charge in [0.15, 0.2) is 0 Å². The van der Waals surface area contributed by atoms with E-state index in [-0.39, 0.29) is 5.91 Å². The molecule has 15 heavy (non-hydrogen) atoms. The van der Waals surface area contributed by atoms with Gasteiger partial charge in [-0.05, 0) is 26.7 Å². The Morgan fingerprint density at radius 3 is 2.80 bits per heavy atom. The van der Waals surface area contributed by atoms with Gasteiger partial charge in [0.2, 0.25) is 0 Å². The van der Waals surface area contributed by atoms with Crippen molar-refractivity contribution in [3.8, 4) is 0 Å². The maximum Gasteiger partial charge on any atom is 0.358 e. The molecule has 0 atom stereocenters. The zero-order valence-corrected chi connectivity index (χ0v) is 9.28. The van der Waals surface area contributed by atoms with Gasteiger partial charge in [-0.15, -0.1) is 0 Å². The summed E-state index contributed by atoms with van der Waals surface area (Å²) in [5.41, 5.74) is 0.520. The van der Waals surface area contributed by atoms with Crippen LogP contribution in [0.3, 0.4) is 0 Å². The molecular weight excluding hydrogens is 194 g/mol. The molecule has 1 heterocycles. The minimum Gasteiger partial charge on any atom is -0.333 e. The molecule has 0 N–H and O–H groups in total. The van der Waals surface area contributed by atoms with Crippen LogP contribution >= 0.6 is 0 Å². The molecule has 0 aliphatic carbocycles. The van der Waals surface area contributed by atoms with Crippen LogP contribution in [-0.2, 0) is 14.4 Å². The molecule has 1 rings (SSSR count). The number of hydrogen-bond donors (Lipinski definition) is 0. The van der Waals surface area contributed by atoms with Crippen molar-refractivity contribution in [3.05, 3.63) is 11.6 Å². The van der Waals surface area contributed by atoms with Gasteiger partial charge in [-0.3, -0.25) is 4.79 Å². The summed E-state index contributed by atoms with van der Waals surface area (Å²) >= 11 is 0. The largest absolute Gasteiger partial charge is 0.358 e. The van der Waals surface area contributed by atoms with Crippen molar-refractivity contribution in [1.29, 1.82) is 0 Å². The van der Waals surface area contributed by atoms with Crippen LogP contribution in [0, 0.1) is 0 Å². The molecule has 1 fully saturated rings. The normalized spacial score (nSPS) is 18.7. The van der Waals surface area contributed by atoms with Crippen molar-refractivity contribution in [2.75, 3.05) is 6.54 Å². The predicted molar refractivity (Wildman–Crippen MR) is 55.7 cm³/mol. The SMILES string of the molecule is CC=C(C)C(=O)ON1CCCCCC1=O. The highest BCUT2D eigenvalue weighted by molar-refractivity contribution is 5.88. The lowest BCUT2D eigenvalue weighted by molar-refractivity contribution is -0.194. The summed E-state index contributed by atoms with van der Waals surface area (Å²) in [6.45, 7) is 3.95. The molecular formula is C11H17NO3. The van der Waals surface area contributed by atoms with E-state index in [1.54, 1.807) is 19.9 Å². The molecule has 0 radical (unpaired) electrons. The lowest BCUT2D eigenvalue weighted by Crippen LogP contribution is -2.33. The van der Waals surface area contributed by atoms with Crippen LogP contribution < -0.4 is 0 Å². The smallest absolute Gasteiger partial charge is 0.333 e. The Kier molecular flexibility index (Phi) is 4.34. The fourth-order valence-corrected chi connectivity index (χ4v) is 1.34. The van der Waals surface area contributed by atoms with Crippen molar-refractivity contribution in [2.45, 2.75) is 39.5 Å². The maximum absolute atomic E-state index is 11.5. The van der Waals surface area contributed by atoms with Gasteiger partial charge in [0, 0.05) is 12.0 Å². The van der Waals surface area contributed by atoms with Gasteiger partial charge in [-0.1, -0.05) is 12.5 Å². The molecule has 84 valence electrons. The first-order valence-electron chi connectivity index (χ1n) is 5.30. The van der Waals surface area contributed by atoms with Crippen LogP contribution in [0.5, 0.6) is 0 Å². The number of allylic oxidation sites excluding steroid dienone is 1. The fraction of sp³-hybridized carbons (Fsp3) is 0.636. The molecule has 0 saturated carbocycles. The first kappa shape index (κ1) is 11.8. The number of hydroxylamine groups is 2. The highest BCUT2D eigenvalue weighted by Crippen LogP contribution is 2.12. The maximum atomic E-state index is 11.5. The van der Waals surface area contributed by atoms with Crippen LogP contribution in [0.15, 0.2) is 11.6 Å². The molecule has 0 aromatic heterocycles. The molecule has 4 nitrogen and oxygen atoms in total. The van der Waals surface area contributed by atoms with Crippen molar-refractivity contribution >= 4 is 11.9 Å². The second kappa shape index (κ2) is 5.53. The monoisotopic (exact) mass is 211 g/mol. The molecule has 0 bridgehead atoms. The van der Waals surface area contributed by atoms with E-state index in [4.69, 9.17) is 4.84 Å². The lowest BCUT2D eigenvalue weighted by Gasteiger charge is -2.18. The van der Waals surface area contributed by atoms with Crippen molar-refractivity contribution in [2.24, 2.45) is 0 Å². The lowest BCUT2D eigenvalue weighted by atomic mass is 10.2. The summed E-state index contributed by atoms with van der Waals surface area (Å²) in [5, 5.41) is 1.20. The molecule has 1 saturated heterocycles. The number of hydrogen-bond acceptors (Lipinski definition) is 3. The summed E-state index contributed by atoms with van der Waals surface area (Å²) in [4.78, 5) is 27.9. The molecule has 0 unspecified atom stereocenters. The molecule has 0 aromatic rings. The second-order valence-electron chi connectivity index (χ2n) is 3.66. The zero-order chi connectivity index (χ0) is 11.3. The predicted octanol–water partition coefficient (Wildman–Crippen LogP) is 1.81. The Bertz CT molecular complexity index is 284. The third kappa shape index (κ3) is 3.38. The third-order valence-electron chi connectivity index (χ3n) is 2.48. The minimum absolute atomic E-state index is 0.0928. The van der Waals surface area contributed by atoms with E-state index >= 15 is 0 Å². The van der Waals surface area contributed by atoms with E-state index in [0.717, 1.165) is 19.3 Å². The number of carbonyl (C=O) groups excluding carboxylic acids is 2. The molecule has 1 amide bonds. The summed E-state index contributed by atoms with van der Waals surface area (Å²) in [7, 11) is 0. The van der Waals surface area contributed by atoms with E-state index < -0.39 is 5.97 Å². The molecule has 0 aromatic carbocycles. The molecule has 0 spiro atoms. The van der Waals surface area contributed by atoms with Crippen LogP contribution in [0.25, 0.3) is 0 Å². The van der Waals surface area contributed by atoms with E-state index in [2.05, 4.69) is 0 Å². The Hall–Kier alpha value is -1.32. The van der Waals surface area contributed by atoms with Crippen LogP contribution in [0.2, 0.25) is 0 Å². The summed E-state index contributed by atoms with van der Waals surface area (Å²) < 4.78 is 0. The van der Waals surface area contributed by atoms with E-state index in [1.807, 2.05) is 0 Å². The molecule has 4 heteroatoms. The number of amides is 1. The van der Waals surface area contributed by atoms with Crippen LogP contribution in [0.1, 0.15) is 39.5 Å². The van der Waals surface area contributed by atoms with Crippen molar-refractivity contribution < 1.29 is 14.4 Å². The first-order chi connectivity index (χ1) is 7.15. The third-order valence-corrected chi connectivity index (χ3v) is 2.48. The topological polar surface area (TPSA) is 46.6 Å². The van der Waals surface area contributed by atoms with Crippen LogP contribution in [0.4, 0.5) is 0 Å². The summed E-state index contributed by atoms with van der Waals surface area (Å²) in [6.07, 6.45) is 4.94. The van der Waals surface area contributed by atoms with Gasteiger partial charge in [0.05, 0.1) is 6.54 Å². The Morgan fingerprint density at radius 2 is 2.13 bits per heavy atom. The summed E-state index contributed by atoms with van der Waals surface area (Å²) in [5.74, 6) is -0.530. The standard InChI is InChI=1S/C11H17NO3/c1-3-9(2)11(14)15-12-8-6-4-5-7-10(12)13/h3H,4-8H2,1-2H3. The van der Waals surface area contributed by atoms with Gasteiger partial charge >= 0.3 is 5.97 Å². The van der Waals surface area contributed by atoms with Gasteiger partial charge < -0.3 is 4.84 Å². The quantitative estimate of drug-likeness (QED) is 0.654. The van der Waals surface area contributed by atoms with E-state index in [9.17, 15) is 9.59 Å². The molecule has 1 aliphatic heterocycles. The summed E-state index contributed by atoms with van der Waals surface area (Å²) in [6, 6.07) is 0. The van der Waals surface area contributed by atoms with E-state index in [0.29, 0.717) is 18.5 Å². The van der Waals surface area contributed by atoms with Crippen molar-refractivity contribution in [1.82, 2.24) is 5.06 Å². The molecule has 1 aliphatic rings. The van der Waals surface area contributed by atoms with Gasteiger partial charge in [-0.2, -0.15) is 5.06 Å². The Balaban J connectivity index is 2.55. The average Bonchev–Trinajstić information content (AvgIpc) is 2.43. The Labute approximate surface area is 89.8 Å². The number of nitrogens with zero attached hydrogens (tertiary/aromatic N) is 1. The van der Waals surface area contributed by atoms with Gasteiger partial charge in [-0.25, -0.2) is 4.79 Å². The number of rotatable bonds is 2. The second-order valence-corrected chi connectivity index (χ2v) is 3.66. The fourth-order valence-electron chi connectivity index (χ4n) is 1.34. The van der Waals surface area contributed by atoms with E-state index in [1.165, 1.54) is 5.06 Å². The highest BCUT2D eigenvalue weighted by atomic mass is 16.7. The highest BCUT2D eigenvalue weighted by Gasteiger charge is 2.20. The Morgan fingerprint density at radius 1 is 1.40 bits per heavy atom. The minimum atomic E-state index is -0.437. The van der Waals surface area contributed by atoms with Crippen molar-refractivity contribution in [3.63, 3.8) is 0 Å².